The van der Waals surface area contributed by atoms with Crippen LogP contribution < -0.4 is 10.9 Å². The van der Waals surface area contributed by atoms with Crippen molar-refractivity contribution >= 4 is 12.0 Å². The van der Waals surface area contributed by atoms with Gasteiger partial charge in [0.1, 0.15) is 17.2 Å². The molecule has 11 heteroatoms. The number of likely N-dealkylation sites (tertiary alicyclic amines) is 1. The monoisotopic (exact) mass is 552 g/mol. The van der Waals surface area contributed by atoms with E-state index in [2.05, 4.69) is 15.3 Å². The summed E-state index contributed by atoms with van der Waals surface area (Å²) in [4.78, 5) is 47.0. The number of nitrogens with one attached hydrogen (secondary N) is 2. The molecule has 4 rings (SSSR count). The summed E-state index contributed by atoms with van der Waals surface area (Å²) in [6, 6.07) is 14.4. The predicted octanol–water partition coefficient (Wildman–Crippen LogP) is 4.20. The minimum absolute atomic E-state index is 0.0191. The summed E-state index contributed by atoms with van der Waals surface area (Å²) in [5.41, 5.74) is -0.569. The van der Waals surface area contributed by atoms with E-state index in [4.69, 9.17) is 9.47 Å². The van der Waals surface area contributed by atoms with Crippen LogP contribution in [0.25, 0.3) is 0 Å². The SMILES string of the molecule is CC(C)(C)OC(=O)N1CC[C@@H](OCc2ccccc2)C[C@H]1c1nc(C(=O)NCc2ccc(F)cc2)c(O)c(=O)[nH]1. The molecule has 0 saturated carbocycles. The van der Waals surface area contributed by atoms with Gasteiger partial charge in [-0.2, -0.15) is 0 Å². The van der Waals surface area contributed by atoms with Crippen molar-refractivity contribution in [3.63, 3.8) is 0 Å². The molecule has 40 heavy (non-hydrogen) atoms. The molecular formula is C29H33FN4O6. The maximum atomic E-state index is 13.2. The van der Waals surface area contributed by atoms with E-state index in [1.165, 1.54) is 29.2 Å². The zero-order chi connectivity index (χ0) is 28.9. The molecule has 0 radical (unpaired) electrons. The number of rotatable bonds is 7. The smallest absolute Gasteiger partial charge is 0.410 e. The molecule has 3 aromatic rings. The first-order valence-corrected chi connectivity index (χ1v) is 13.0. The number of H-pyrrole nitrogens is 1. The Balaban J connectivity index is 1.58. The van der Waals surface area contributed by atoms with Gasteiger partial charge in [-0.15, -0.1) is 0 Å². The molecule has 2 heterocycles. The second-order valence-electron chi connectivity index (χ2n) is 10.6. The molecule has 1 aliphatic heterocycles. The lowest BCUT2D eigenvalue weighted by atomic mass is 9.98. The number of ether oxygens (including phenoxy) is 2. The van der Waals surface area contributed by atoms with E-state index in [1.807, 2.05) is 30.3 Å². The van der Waals surface area contributed by atoms with Crippen molar-refractivity contribution in [2.75, 3.05) is 6.54 Å². The summed E-state index contributed by atoms with van der Waals surface area (Å²) in [7, 11) is 0. The van der Waals surface area contributed by atoms with Gasteiger partial charge in [0.05, 0.1) is 18.8 Å². The number of hydrogen-bond donors (Lipinski definition) is 3. The number of carbonyl (C=O) groups is 2. The summed E-state index contributed by atoms with van der Waals surface area (Å²) in [5, 5.41) is 12.9. The first kappa shape index (κ1) is 28.8. The molecule has 212 valence electrons. The van der Waals surface area contributed by atoms with Crippen molar-refractivity contribution in [3.05, 3.63) is 93.4 Å². The van der Waals surface area contributed by atoms with Gasteiger partial charge in [-0.3, -0.25) is 14.5 Å². The van der Waals surface area contributed by atoms with Gasteiger partial charge >= 0.3 is 6.09 Å². The third-order valence-corrected chi connectivity index (χ3v) is 6.32. The molecule has 1 aliphatic rings. The van der Waals surface area contributed by atoms with Crippen molar-refractivity contribution < 1.29 is 28.6 Å². The number of amides is 2. The van der Waals surface area contributed by atoms with Crippen molar-refractivity contribution in [1.29, 1.82) is 0 Å². The normalized spacial score (nSPS) is 17.4. The summed E-state index contributed by atoms with van der Waals surface area (Å²) < 4.78 is 24.9. The molecule has 0 aliphatic carbocycles. The van der Waals surface area contributed by atoms with Crippen LogP contribution >= 0.6 is 0 Å². The number of halogens is 1. The number of hydrogen-bond acceptors (Lipinski definition) is 7. The van der Waals surface area contributed by atoms with E-state index >= 15 is 0 Å². The Hall–Kier alpha value is -4.25. The Morgan fingerprint density at radius 1 is 1.12 bits per heavy atom. The Labute approximate surface area is 231 Å². The Kier molecular flexibility index (Phi) is 8.83. The number of aromatic amines is 1. The molecule has 0 unspecified atom stereocenters. The van der Waals surface area contributed by atoms with Gasteiger partial charge in [0.15, 0.2) is 5.69 Å². The van der Waals surface area contributed by atoms with E-state index in [9.17, 15) is 23.9 Å². The van der Waals surface area contributed by atoms with Crippen LogP contribution in [0.1, 0.15) is 67.1 Å². The first-order chi connectivity index (χ1) is 19.0. The predicted molar refractivity (Wildman–Crippen MR) is 144 cm³/mol. The zero-order valence-electron chi connectivity index (χ0n) is 22.6. The minimum atomic E-state index is -0.923. The lowest BCUT2D eigenvalue weighted by Gasteiger charge is -2.39. The van der Waals surface area contributed by atoms with Crippen molar-refractivity contribution in [2.24, 2.45) is 0 Å². The zero-order valence-corrected chi connectivity index (χ0v) is 22.6. The van der Waals surface area contributed by atoms with E-state index in [1.54, 1.807) is 20.8 Å². The average Bonchev–Trinajstić information content (AvgIpc) is 2.92. The van der Waals surface area contributed by atoms with Crippen LogP contribution in [-0.2, 0) is 22.6 Å². The molecule has 1 aromatic heterocycles. The van der Waals surface area contributed by atoms with Gasteiger partial charge in [0, 0.05) is 19.5 Å². The lowest BCUT2D eigenvalue weighted by molar-refractivity contribution is -0.0385. The third kappa shape index (κ3) is 7.44. The second-order valence-corrected chi connectivity index (χ2v) is 10.6. The third-order valence-electron chi connectivity index (χ3n) is 6.32. The molecule has 2 amide bonds. The van der Waals surface area contributed by atoms with Crippen molar-refractivity contribution in [1.82, 2.24) is 20.2 Å². The van der Waals surface area contributed by atoms with Crippen LogP contribution in [-0.4, -0.2) is 50.2 Å². The van der Waals surface area contributed by atoms with Crippen LogP contribution in [0.3, 0.4) is 0 Å². The molecule has 1 saturated heterocycles. The fourth-order valence-electron chi connectivity index (χ4n) is 4.34. The van der Waals surface area contributed by atoms with E-state index in [0.29, 0.717) is 18.6 Å². The Morgan fingerprint density at radius 3 is 2.50 bits per heavy atom. The standard InChI is InChI=1S/C29H33FN4O6/c1-29(2,3)40-28(38)34-14-13-21(39-17-19-7-5-4-6-8-19)15-22(34)25-32-23(24(35)27(37)33-25)26(36)31-16-18-9-11-20(30)12-10-18/h4-12,21-22,35H,13-17H2,1-3H3,(H,31,36)(H,32,33,37)/t21-,22+/m1/s1. The second kappa shape index (κ2) is 12.3. The van der Waals surface area contributed by atoms with Gasteiger partial charge < -0.3 is 24.9 Å². The Morgan fingerprint density at radius 2 is 1.82 bits per heavy atom. The van der Waals surface area contributed by atoms with Crippen LogP contribution in [0.4, 0.5) is 9.18 Å². The van der Waals surface area contributed by atoms with E-state index in [-0.39, 0.29) is 31.4 Å². The number of nitrogens with zero attached hydrogens (tertiary/aromatic N) is 2. The molecule has 0 bridgehead atoms. The largest absolute Gasteiger partial charge is 0.501 e. The van der Waals surface area contributed by atoms with Crippen molar-refractivity contribution in [3.8, 4) is 5.75 Å². The summed E-state index contributed by atoms with van der Waals surface area (Å²) in [6.45, 7) is 5.89. The molecule has 1 fully saturated rings. The first-order valence-electron chi connectivity index (χ1n) is 13.0. The summed E-state index contributed by atoms with van der Waals surface area (Å²) in [6.07, 6.45) is -0.0809. The number of benzene rings is 2. The van der Waals surface area contributed by atoms with Crippen LogP contribution in [0, 0.1) is 5.82 Å². The summed E-state index contributed by atoms with van der Waals surface area (Å²) in [5.74, 6) is -2.04. The summed E-state index contributed by atoms with van der Waals surface area (Å²) >= 11 is 0. The van der Waals surface area contributed by atoms with Crippen LogP contribution in [0.2, 0.25) is 0 Å². The molecule has 2 aromatic carbocycles. The van der Waals surface area contributed by atoms with Crippen molar-refractivity contribution in [2.45, 2.75) is 64.5 Å². The number of piperidine rings is 1. The topological polar surface area (TPSA) is 134 Å². The number of aromatic nitrogens is 2. The van der Waals surface area contributed by atoms with E-state index < -0.39 is 46.5 Å². The average molecular weight is 553 g/mol. The maximum Gasteiger partial charge on any atom is 0.410 e. The minimum Gasteiger partial charge on any atom is -0.501 e. The Bertz CT molecular complexity index is 1390. The molecule has 0 spiro atoms. The van der Waals surface area contributed by atoms with Crippen LogP contribution in [0.5, 0.6) is 5.75 Å². The van der Waals surface area contributed by atoms with E-state index in [0.717, 1.165) is 5.56 Å². The van der Waals surface area contributed by atoms with Gasteiger partial charge in [-0.1, -0.05) is 42.5 Å². The molecule has 3 N–H and O–H groups in total. The highest BCUT2D eigenvalue weighted by Crippen LogP contribution is 2.33. The number of aromatic hydroxyl groups is 1. The molecular weight excluding hydrogens is 519 g/mol. The van der Waals surface area contributed by atoms with Gasteiger partial charge in [0.2, 0.25) is 5.75 Å². The highest BCUT2D eigenvalue weighted by atomic mass is 19.1. The molecule has 10 nitrogen and oxygen atoms in total. The van der Waals surface area contributed by atoms with Crippen LogP contribution in [0.15, 0.2) is 59.4 Å². The van der Waals surface area contributed by atoms with Gasteiger partial charge in [-0.25, -0.2) is 14.2 Å². The fraction of sp³-hybridized carbons (Fsp3) is 0.379. The molecule has 2 atom stereocenters. The number of carbonyl (C=O) groups excluding carboxylic acids is 2. The van der Waals surface area contributed by atoms with Gasteiger partial charge in [-0.05, 0) is 50.5 Å². The lowest BCUT2D eigenvalue weighted by Crippen LogP contribution is -2.46. The highest BCUT2D eigenvalue weighted by Gasteiger charge is 2.38. The quantitative estimate of drug-likeness (QED) is 0.400. The highest BCUT2D eigenvalue weighted by molar-refractivity contribution is 5.94. The maximum absolute atomic E-state index is 13.2. The fourth-order valence-corrected chi connectivity index (χ4v) is 4.34. The van der Waals surface area contributed by atoms with Gasteiger partial charge in [0.25, 0.3) is 11.5 Å².